The first-order valence-corrected chi connectivity index (χ1v) is 8.72. The summed E-state index contributed by atoms with van der Waals surface area (Å²) in [5, 5.41) is 9.56. The van der Waals surface area contributed by atoms with E-state index in [0.717, 1.165) is 34.6 Å². The molecule has 1 amide bonds. The Morgan fingerprint density at radius 1 is 1.38 bits per heavy atom. The number of carbonyl (C=O) groups excluding carboxylic acids is 1. The van der Waals surface area contributed by atoms with Crippen molar-refractivity contribution >= 4 is 29.0 Å². The standard InChI is InChI=1S/C13H17N5OS2/c14-15-12(19)10-6-5-9(21-10)8-20-13-17-16-11-4-2-1-3-7-18(11)13/h5-6H,1-4,7-8,14H2,(H,15,19). The van der Waals surface area contributed by atoms with Gasteiger partial charge < -0.3 is 4.57 Å². The Balaban J connectivity index is 1.66. The summed E-state index contributed by atoms with van der Waals surface area (Å²) in [6.07, 6.45) is 4.67. The molecule has 0 saturated heterocycles. The van der Waals surface area contributed by atoms with Crippen LogP contribution in [0.5, 0.6) is 0 Å². The Morgan fingerprint density at radius 3 is 3.14 bits per heavy atom. The van der Waals surface area contributed by atoms with Crippen LogP contribution in [0.1, 0.15) is 39.6 Å². The van der Waals surface area contributed by atoms with E-state index in [1.54, 1.807) is 17.8 Å². The maximum absolute atomic E-state index is 11.4. The van der Waals surface area contributed by atoms with E-state index in [-0.39, 0.29) is 5.91 Å². The topological polar surface area (TPSA) is 85.8 Å². The van der Waals surface area contributed by atoms with Crippen molar-refractivity contribution in [1.29, 1.82) is 0 Å². The molecule has 3 heterocycles. The van der Waals surface area contributed by atoms with Crippen LogP contribution >= 0.6 is 23.1 Å². The summed E-state index contributed by atoms with van der Waals surface area (Å²) in [4.78, 5) is 13.2. The minimum Gasteiger partial charge on any atom is -0.306 e. The fourth-order valence-corrected chi connectivity index (χ4v) is 4.29. The lowest BCUT2D eigenvalue weighted by Crippen LogP contribution is -2.29. The van der Waals surface area contributed by atoms with Crippen molar-refractivity contribution in [3.63, 3.8) is 0 Å². The van der Waals surface area contributed by atoms with E-state index < -0.39 is 0 Å². The van der Waals surface area contributed by atoms with Crippen molar-refractivity contribution in [3.05, 3.63) is 27.7 Å². The van der Waals surface area contributed by atoms with Gasteiger partial charge in [0.2, 0.25) is 0 Å². The molecule has 6 nitrogen and oxygen atoms in total. The number of nitrogens with one attached hydrogen (secondary N) is 1. The molecule has 0 fully saturated rings. The number of aromatic nitrogens is 3. The molecule has 112 valence electrons. The van der Waals surface area contributed by atoms with Gasteiger partial charge in [-0.15, -0.1) is 21.5 Å². The zero-order valence-corrected chi connectivity index (χ0v) is 13.2. The molecule has 0 unspecified atom stereocenters. The molecule has 0 spiro atoms. The van der Waals surface area contributed by atoms with Crippen LogP contribution < -0.4 is 11.3 Å². The predicted octanol–water partition coefficient (Wildman–Crippen LogP) is 1.96. The summed E-state index contributed by atoms with van der Waals surface area (Å²) < 4.78 is 2.23. The molecule has 2 aromatic heterocycles. The van der Waals surface area contributed by atoms with Crippen molar-refractivity contribution in [1.82, 2.24) is 20.2 Å². The van der Waals surface area contributed by atoms with Crippen molar-refractivity contribution in [3.8, 4) is 0 Å². The summed E-state index contributed by atoms with van der Waals surface area (Å²) in [6.45, 7) is 1.01. The molecule has 21 heavy (non-hydrogen) atoms. The second-order valence-electron chi connectivity index (χ2n) is 4.89. The fraction of sp³-hybridized carbons (Fsp3) is 0.462. The number of nitrogen functional groups attached to an aromatic ring is 1. The van der Waals surface area contributed by atoms with E-state index in [4.69, 9.17) is 5.84 Å². The smallest absolute Gasteiger partial charge is 0.275 e. The molecule has 0 saturated carbocycles. The molecule has 1 aliphatic rings. The Kier molecular flexibility index (Phi) is 4.57. The Bertz CT molecular complexity index is 636. The molecule has 0 aliphatic carbocycles. The molecule has 0 aromatic carbocycles. The average Bonchev–Trinajstić information content (AvgIpc) is 3.05. The van der Waals surface area contributed by atoms with Crippen LogP contribution in [-0.4, -0.2) is 20.7 Å². The minimum absolute atomic E-state index is 0.243. The number of amides is 1. The monoisotopic (exact) mass is 323 g/mol. The quantitative estimate of drug-likeness (QED) is 0.389. The predicted molar refractivity (Wildman–Crippen MR) is 83.1 cm³/mol. The Hall–Kier alpha value is -1.38. The molecule has 2 aromatic rings. The highest BCUT2D eigenvalue weighted by Gasteiger charge is 2.15. The summed E-state index contributed by atoms with van der Waals surface area (Å²) in [6, 6.07) is 3.76. The van der Waals surface area contributed by atoms with Gasteiger partial charge in [-0.1, -0.05) is 18.2 Å². The van der Waals surface area contributed by atoms with Gasteiger partial charge in [0.25, 0.3) is 5.91 Å². The largest absolute Gasteiger partial charge is 0.306 e. The molecule has 0 bridgehead atoms. The van der Waals surface area contributed by atoms with E-state index in [0.29, 0.717) is 4.88 Å². The summed E-state index contributed by atoms with van der Waals surface area (Å²) in [5.74, 6) is 6.79. The van der Waals surface area contributed by atoms with Crippen molar-refractivity contribution in [2.24, 2.45) is 5.84 Å². The number of thiophene rings is 1. The third kappa shape index (κ3) is 3.28. The number of hydrogen-bond donors (Lipinski definition) is 2. The number of hydrogen-bond acceptors (Lipinski definition) is 6. The highest BCUT2D eigenvalue weighted by molar-refractivity contribution is 7.98. The zero-order valence-electron chi connectivity index (χ0n) is 11.5. The summed E-state index contributed by atoms with van der Waals surface area (Å²) in [7, 11) is 0. The van der Waals surface area contributed by atoms with Crippen LogP contribution in [-0.2, 0) is 18.7 Å². The first-order chi connectivity index (χ1) is 10.3. The lowest BCUT2D eigenvalue weighted by Gasteiger charge is -2.05. The molecule has 8 heteroatoms. The highest BCUT2D eigenvalue weighted by Crippen LogP contribution is 2.27. The van der Waals surface area contributed by atoms with Crippen LogP contribution in [0.2, 0.25) is 0 Å². The van der Waals surface area contributed by atoms with Crippen LogP contribution in [0.25, 0.3) is 0 Å². The maximum atomic E-state index is 11.4. The Labute approximate surface area is 131 Å². The van der Waals surface area contributed by atoms with Gasteiger partial charge in [-0.2, -0.15) is 0 Å². The van der Waals surface area contributed by atoms with Crippen LogP contribution in [0.3, 0.4) is 0 Å². The summed E-state index contributed by atoms with van der Waals surface area (Å²) in [5.41, 5.74) is 2.15. The van der Waals surface area contributed by atoms with Crippen LogP contribution in [0.4, 0.5) is 0 Å². The van der Waals surface area contributed by atoms with Crippen LogP contribution in [0.15, 0.2) is 17.3 Å². The first-order valence-electron chi connectivity index (χ1n) is 6.92. The molecule has 3 N–H and O–H groups in total. The van der Waals surface area contributed by atoms with E-state index >= 15 is 0 Å². The fourth-order valence-electron chi connectivity index (χ4n) is 2.35. The number of aryl methyl sites for hydroxylation is 1. The number of nitrogens with two attached hydrogens (primary N) is 1. The van der Waals surface area contributed by atoms with Crippen LogP contribution in [0, 0.1) is 0 Å². The van der Waals surface area contributed by atoms with E-state index in [1.165, 1.54) is 30.6 Å². The number of carbonyl (C=O) groups is 1. The van der Waals surface area contributed by atoms with Crippen molar-refractivity contribution in [2.75, 3.05) is 0 Å². The molecule has 0 atom stereocenters. The van der Waals surface area contributed by atoms with Crippen molar-refractivity contribution < 1.29 is 4.79 Å². The molecule has 0 radical (unpaired) electrons. The lowest BCUT2D eigenvalue weighted by atomic mass is 10.2. The second kappa shape index (κ2) is 6.59. The number of hydrazine groups is 1. The maximum Gasteiger partial charge on any atom is 0.275 e. The minimum atomic E-state index is -0.243. The average molecular weight is 323 g/mol. The van der Waals surface area contributed by atoms with Gasteiger partial charge in [0, 0.05) is 23.6 Å². The molecule has 1 aliphatic heterocycles. The van der Waals surface area contributed by atoms with Gasteiger partial charge in [0.1, 0.15) is 5.82 Å². The molecule has 3 rings (SSSR count). The second-order valence-corrected chi connectivity index (χ2v) is 7.00. The van der Waals surface area contributed by atoms with Crippen molar-refractivity contribution in [2.45, 2.75) is 43.1 Å². The molecular formula is C13H17N5OS2. The first kappa shape index (κ1) is 14.6. The van der Waals surface area contributed by atoms with Gasteiger partial charge >= 0.3 is 0 Å². The van der Waals surface area contributed by atoms with Gasteiger partial charge in [0.05, 0.1) is 4.88 Å². The normalized spacial score (nSPS) is 14.5. The van der Waals surface area contributed by atoms with E-state index in [1.807, 2.05) is 6.07 Å². The summed E-state index contributed by atoms with van der Waals surface area (Å²) >= 11 is 3.13. The van der Waals surface area contributed by atoms with Gasteiger partial charge in [-0.3, -0.25) is 10.2 Å². The van der Waals surface area contributed by atoms with E-state index in [2.05, 4.69) is 20.2 Å². The number of fused-ring (bicyclic) bond motifs is 1. The van der Waals surface area contributed by atoms with E-state index in [9.17, 15) is 4.79 Å². The highest BCUT2D eigenvalue weighted by atomic mass is 32.2. The number of rotatable bonds is 4. The number of thioether (sulfide) groups is 1. The Morgan fingerprint density at radius 2 is 2.29 bits per heavy atom. The third-order valence-electron chi connectivity index (χ3n) is 3.44. The SMILES string of the molecule is NNC(=O)c1ccc(CSc2nnc3n2CCCCC3)s1. The zero-order chi connectivity index (χ0) is 14.7. The third-order valence-corrected chi connectivity index (χ3v) is 5.72. The number of nitrogens with zero attached hydrogens (tertiary/aromatic N) is 3. The van der Waals surface area contributed by atoms with Gasteiger partial charge in [-0.05, 0) is 25.0 Å². The lowest BCUT2D eigenvalue weighted by molar-refractivity contribution is 0.0957. The van der Waals surface area contributed by atoms with Gasteiger partial charge in [0.15, 0.2) is 5.16 Å². The molecular weight excluding hydrogens is 306 g/mol. The van der Waals surface area contributed by atoms with Gasteiger partial charge in [-0.25, -0.2) is 5.84 Å².